The van der Waals surface area contributed by atoms with Crippen molar-refractivity contribution in [1.82, 2.24) is 5.32 Å². The molecule has 0 saturated carbocycles. The lowest BCUT2D eigenvalue weighted by molar-refractivity contribution is -0.137. The molecule has 3 aromatic rings. The molecule has 0 atom stereocenters. The first kappa shape index (κ1) is 22.5. The molecule has 1 amide bonds. The molecule has 1 heterocycles. The molecule has 0 unspecified atom stereocenters. The van der Waals surface area contributed by atoms with E-state index < -0.39 is 29.3 Å². The van der Waals surface area contributed by atoms with Gasteiger partial charge in [-0.15, -0.1) is 0 Å². The maximum atomic E-state index is 12.9. The normalized spacial score (nSPS) is 12.0. The molecule has 160 valence electrons. The molecule has 0 saturated heterocycles. The van der Waals surface area contributed by atoms with E-state index in [1.54, 1.807) is 18.2 Å². The van der Waals surface area contributed by atoms with Crippen LogP contribution in [0.2, 0.25) is 10.0 Å². The fourth-order valence-electron chi connectivity index (χ4n) is 2.61. The fourth-order valence-corrected chi connectivity index (χ4v) is 3.29. The summed E-state index contributed by atoms with van der Waals surface area (Å²) >= 11 is 11.9. The highest BCUT2D eigenvalue weighted by Gasteiger charge is 2.32. The van der Waals surface area contributed by atoms with Gasteiger partial charge in [-0.05, 0) is 36.4 Å². The monoisotopic (exact) mass is 469 g/mol. The van der Waals surface area contributed by atoms with E-state index in [0.717, 1.165) is 6.08 Å². The molecule has 3 rings (SSSR count). The van der Waals surface area contributed by atoms with Crippen molar-refractivity contribution in [3.05, 3.63) is 87.2 Å². The molecular weight excluding hydrogens is 458 g/mol. The van der Waals surface area contributed by atoms with Crippen molar-refractivity contribution in [3.8, 4) is 11.3 Å². The molecule has 0 spiro atoms. The van der Waals surface area contributed by atoms with Crippen LogP contribution in [-0.4, -0.2) is 17.0 Å². The van der Waals surface area contributed by atoms with Crippen LogP contribution >= 0.6 is 23.2 Å². The maximum Gasteiger partial charge on any atom is 0.416 e. The van der Waals surface area contributed by atoms with E-state index in [2.05, 4.69) is 5.32 Å². The van der Waals surface area contributed by atoms with Gasteiger partial charge in [-0.2, -0.15) is 13.2 Å². The lowest BCUT2D eigenvalue weighted by atomic mass is 10.1. The van der Waals surface area contributed by atoms with Crippen LogP contribution in [0.5, 0.6) is 0 Å². The van der Waals surface area contributed by atoms with Crippen LogP contribution in [0.25, 0.3) is 17.4 Å². The van der Waals surface area contributed by atoms with Gasteiger partial charge in [0.1, 0.15) is 17.2 Å². The number of rotatable bonds is 5. The third kappa shape index (κ3) is 5.28. The number of amides is 1. The number of carboxylic acid groups (broad SMARTS) is 1. The van der Waals surface area contributed by atoms with Crippen LogP contribution in [0.4, 0.5) is 13.2 Å². The molecule has 0 aliphatic rings. The van der Waals surface area contributed by atoms with Gasteiger partial charge in [0.25, 0.3) is 5.91 Å². The number of carbonyl (C=O) groups is 2. The maximum absolute atomic E-state index is 12.9. The molecule has 0 radical (unpaired) electrons. The first-order chi connectivity index (χ1) is 14.6. The smallest absolute Gasteiger partial charge is 0.416 e. The lowest BCUT2D eigenvalue weighted by Crippen LogP contribution is -2.27. The van der Waals surface area contributed by atoms with Gasteiger partial charge in [-0.1, -0.05) is 41.4 Å². The first-order valence-electron chi connectivity index (χ1n) is 8.54. The van der Waals surface area contributed by atoms with Crippen LogP contribution < -0.4 is 5.32 Å². The highest BCUT2D eigenvalue weighted by Crippen LogP contribution is 2.41. The van der Waals surface area contributed by atoms with Gasteiger partial charge in [-0.25, -0.2) is 4.79 Å². The topological polar surface area (TPSA) is 79.5 Å². The van der Waals surface area contributed by atoms with Gasteiger partial charge >= 0.3 is 12.1 Å². The Labute approximate surface area is 183 Å². The number of carbonyl (C=O) groups excluding carboxylic acids is 1. The molecule has 0 aliphatic carbocycles. The number of alkyl halides is 3. The minimum Gasteiger partial charge on any atom is -0.477 e. The average molecular weight is 470 g/mol. The van der Waals surface area contributed by atoms with Gasteiger partial charge in [0.15, 0.2) is 0 Å². The van der Waals surface area contributed by atoms with E-state index in [4.69, 9.17) is 27.6 Å². The Balaban J connectivity index is 1.91. The van der Waals surface area contributed by atoms with Gasteiger partial charge in [0.05, 0.1) is 21.2 Å². The summed E-state index contributed by atoms with van der Waals surface area (Å²) in [6, 6.07) is 12.1. The van der Waals surface area contributed by atoms with Crippen molar-refractivity contribution in [2.24, 2.45) is 0 Å². The minimum absolute atomic E-state index is 0.00722. The summed E-state index contributed by atoms with van der Waals surface area (Å²) in [5, 5.41) is 11.1. The van der Waals surface area contributed by atoms with E-state index in [0.29, 0.717) is 12.1 Å². The predicted octanol–water partition coefficient (Wildman–Crippen LogP) is 6.13. The second-order valence-electron chi connectivity index (χ2n) is 6.20. The second kappa shape index (κ2) is 8.87. The summed E-state index contributed by atoms with van der Waals surface area (Å²) in [5.41, 5.74) is -1.23. The number of nitrogens with one attached hydrogen (secondary N) is 1. The molecule has 2 aromatic carbocycles. The molecule has 5 nitrogen and oxygen atoms in total. The lowest BCUT2D eigenvalue weighted by Gasteiger charge is -2.11. The highest BCUT2D eigenvalue weighted by molar-refractivity contribution is 6.39. The Kier molecular flexibility index (Phi) is 6.42. The molecule has 31 heavy (non-hydrogen) atoms. The van der Waals surface area contributed by atoms with Crippen LogP contribution in [0.1, 0.15) is 21.7 Å². The van der Waals surface area contributed by atoms with Crippen LogP contribution in [0.15, 0.2) is 64.7 Å². The number of benzene rings is 2. The van der Waals surface area contributed by atoms with Crippen molar-refractivity contribution < 1.29 is 32.3 Å². The van der Waals surface area contributed by atoms with E-state index in [9.17, 15) is 27.9 Å². The van der Waals surface area contributed by atoms with Crippen molar-refractivity contribution in [3.63, 3.8) is 0 Å². The van der Waals surface area contributed by atoms with Crippen molar-refractivity contribution in [2.75, 3.05) is 0 Å². The number of aliphatic carboxylic acids is 1. The largest absolute Gasteiger partial charge is 0.477 e. The zero-order valence-corrected chi connectivity index (χ0v) is 16.8. The quantitative estimate of drug-likeness (QED) is 0.440. The summed E-state index contributed by atoms with van der Waals surface area (Å²) in [7, 11) is 0. The Hall–Kier alpha value is -3.23. The zero-order chi connectivity index (χ0) is 22.8. The average Bonchev–Trinajstić information content (AvgIpc) is 3.14. The SMILES string of the molecule is O=C(O)/C(=C\c1ccc(-c2c(Cl)cc(C(F)(F)F)cc2Cl)o1)NC(=O)c1ccccc1. The predicted molar refractivity (Wildman–Crippen MR) is 109 cm³/mol. The number of carboxylic acids is 1. The number of hydrogen-bond donors (Lipinski definition) is 2. The first-order valence-corrected chi connectivity index (χ1v) is 9.29. The van der Waals surface area contributed by atoms with Crippen LogP contribution in [0, 0.1) is 0 Å². The van der Waals surface area contributed by atoms with E-state index in [1.807, 2.05) is 0 Å². The molecule has 2 N–H and O–H groups in total. The summed E-state index contributed by atoms with van der Waals surface area (Å²) in [4.78, 5) is 23.7. The molecule has 1 aromatic heterocycles. The zero-order valence-electron chi connectivity index (χ0n) is 15.3. The molecule has 0 bridgehead atoms. The van der Waals surface area contributed by atoms with Gasteiger partial charge in [0, 0.05) is 11.6 Å². The third-order valence-electron chi connectivity index (χ3n) is 4.04. The van der Waals surface area contributed by atoms with E-state index in [-0.39, 0.29) is 32.7 Å². The minimum atomic E-state index is -4.63. The number of hydrogen-bond acceptors (Lipinski definition) is 3. The molecular formula is C21H12Cl2F3NO4. The summed E-state index contributed by atoms with van der Waals surface area (Å²) in [6.45, 7) is 0. The summed E-state index contributed by atoms with van der Waals surface area (Å²) < 4.78 is 44.2. The Morgan fingerprint density at radius 2 is 1.61 bits per heavy atom. The van der Waals surface area contributed by atoms with Gasteiger partial charge in [-0.3, -0.25) is 4.79 Å². The third-order valence-corrected chi connectivity index (χ3v) is 4.64. The van der Waals surface area contributed by atoms with Gasteiger partial charge < -0.3 is 14.8 Å². The highest BCUT2D eigenvalue weighted by atomic mass is 35.5. The summed E-state index contributed by atoms with van der Waals surface area (Å²) in [6.07, 6.45) is -3.57. The summed E-state index contributed by atoms with van der Waals surface area (Å²) in [5.74, 6) is -2.04. The molecule has 0 aliphatic heterocycles. The molecule has 10 heteroatoms. The number of furan rings is 1. The Morgan fingerprint density at radius 3 is 2.16 bits per heavy atom. The van der Waals surface area contributed by atoms with E-state index >= 15 is 0 Å². The van der Waals surface area contributed by atoms with Crippen LogP contribution in [0.3, 0.4) is 0 Å². The number of halogens is 5. The molecule has 0 fully saturated rings. The van der Waals surface area contributed by atoms with Crippen molar-refractivity contribution in [1.29, 1.82) is 0 Å². The Bertz CT molecular complexity index is 1150. The Morgan fingerprint density at radius 1 is 1.00 bits per heavy atom. The van der Waals surface area contributed by atoms with Crippen molar-refractivity contribution >= 4 is 41.2 Å². The van der Waals surface area contributed by atoms with E-state index in [1.165, 1.54) is 24.3 Å². The fraction of sp³-hybridized carbons (Fsp3) is 0.0476. The van der Waals surface area contributed by atoms with Crippen molar-refractivity contribution in [2.45, 2.75) is 6.18 Å². The standard InChI is InChI=1S/C21H12Cl2F3NO4/c22-14-8-12(21(24,25)26)9-15(23)18(14)17-7-6-13(31-17)10-16(20(29)30)27-19(28)11-4-2-1-3-5-11/h1-10H,(H,27,28)(H,29,30)/b16-10+. The second-order valence-corrected chi connectivity index (χ2v) is 7.01. The van der Waals surface area contributed by atoms with Gasteiger partial charge in [0.2, 0.25) is 0 Å². The van der Waals surface area contributed by atoms with Crippen LogP contribution in [-0.2, 0) is 11.0 Å².